The molecule has 144 valence electrons. The van der Waals surface area contributed by atoms with Crippen LogP contribution in [0.1, 0.15) is 36.3 Å². The third-order valence-electron chi connectivity index (χ3n) is 4.97. The van der Waals surface area contributed by atoms with Gasteiger partial charge in [0, 0.05) is 24.3 Å². The lowest BCUT2D eigenvalue weighted by molar-refractivity contribution is 0.242. The van der Waals surface area contributed by atoms with E-state index in [-0.39, 0.29) is 17.5 Å². The number of rotatable bonds is 6. The summed E-state index contributed by atoms with van der Waals surface area (Å²) >= 11 is 5.42. The first kappa shape index (κ1) is 19.2. The zero-order valence-electron chi connectivity index (χ0n) is 15.7. The van der Waals surface area contributed by atoms with Crippen LogP contribution in [0, 0.1) is 18.6 Å². The number of aryl methyl sites for hydroxylation is 2. The summed E-state index contributed by atoms with van der Waals surface area (Å²) in [6.45, 7) is 8.14. The van der Waals surface area contributed by atoms with Gasteiger partial charge in [0.05, 0.1) is 29.9 Å². The lowest BCUT2D eigenvalue weighted by atomic mass is 10.2. The molecule has 0 amide bonds. The van der Waals surface area contributed by atoms with Crippen LogP contribution in [0.2, 0.25) is 0 Å². The SMILES string of the molecule is CCn1cnn(CN(C)Cc2c(C)nn([C@@H]3CCS(=O)(=O)C3)c2C)c1=S. The molecular formula is C16H26N6O2S2. The van der Waals surface area contributed by atoms with Gasteiger partial charge in [0.15, 0.2) is 14.6 Å². The highest BCUT2D eigenvalue weighted by molar-refractivity contribution is 7.91. The van der Waals surface area contributed by atoms with Gasteiger partial charge < -0.3 is 4.57 Å². The third kappa shape index (κ3) is 3.77. The highest BCUT2D eigenvalue weighted by Crippen LogP contribution is 2.27. The smallest absolute Gasteiger partial charge is 0.198 e. The maximum atomic E-state index is 11.8. The van der Waals surface area contributed by atoms with E-state index in [9.17, 15) is 8.42 Å². The summed E-state index contributed by atoms with van der Waals surface area (Å²) in [7, 11) is -0.913. The van der Waals surface area contributed by atoms with Crippen LogP contribution in [0.25, 0.3) is 0 Å². The summed E-state index contributed by atoms with van der Waals surface area (Å²) in [4.78, 5) is 2.13. The van der Waals surface area contributed by atoms with E-state index in [4.69, 9.17) is 12.2 Å². The molecule has 0 N–H and O–H groups in total. The second-order valence-electron chi connectivity index (χ2n) is 7.01. The highest BCUT2D eigenvalue weighted by atomic mass is 32.2. The van der Waals surface area contributed by atoms with Gasteiger partial charge in [0.1, 0.15) is 6.33 Å². The second-order valence-corrected chi connectivity index (χ2v) is 9.60. The summed E-state index contributed by atoms with van der Waals surface area (Å²) in [5.74, 6) is 0.442. The van der Waals surface area contributed by atoms with Crippen LogP contribution < -0.4 is 0 Å². The molecule has 3 rings (SSSR count). The molecule has 0 aliphatic carbocycles. The minimum Gasteiger partial charge on any atom is -0.307 e. The fourth-order valence-electron chi connectivity index (χ4n) is 3.48. The molecule has 2 aromatic heterocycles. The van der Waals surface area contributed by atoms with Crippen LogP contribution in [0.15, 0.2) is 6.33 Å². The predicted molar refractivity (Wildman–Crippen MR) is 102 cm³/mol. The van der Waals surface area contributed by atoms with Crippen molar-refractivity contribution in [2.24, 2.45) is 0 Å². The van der Waals surface area contributed by atoms with Gasteiger partial charge in [-0.1, -0.05) is 0 Å². The lowest BCUT2D eigenvalue weighted by Crippen LogP contribution is -2.23. The van der Waals surface area contributed by atoms with E-state index < -0.39 is 9.84 Å². The average molecular weight is 399 g/mol. The fourth-order valence-corrected chi connectivity index (χ4v) is 5.46. The van der Waals surface area contributed by atoms with Crippen molar-refractivity contribution in [2.75, 3.05) is 18.6 Å². The Balaban J connectivity index is 1.75. The van der Waals surface area contributed by atoms with Gasteiger partial charge in [0.25, 0.3) is 0 Å². The Bertz CT molecular complexity index is 956. The third-order valence-corrected chi connectivity index (χ3v) is 7.17. The van der Waals surface area contributed by atoms with Crippen molar-refractivity contribution in [3.05, 3.63) is 28.0 Å². The maximum absolute atomic E-state index is 11.8. The van der Waals surface area contributed by atoms with E-state index in [0.29, 0.717) is 24.4 Å². The molecule has 1 saturated heterocycles. The zero-order chi connectivity index (χ0) is 19.1. The average Bonchev–Trinajstić information content (AvgIpc) is 3.19. The molecule has 1 fully saturated rings. The minimum atomic E-state index is -2.93. The topological polar surface area (TPSA) is 78.0 Å². The van der Waals surface area contributed by atoms with E-state index in [2.05, 4.69) is 15.1 Å². The van der Waals surface area contributed by atoms with E-state index in [1.54, 1.807) is 11.0 Å². The Morgan fingerprint density at radius 1 is 1.38 bits per heavy atom. The van der Waals surface area contributed by atoms with Gasteiger partial charge in [-0.3, -0.25) is 9.58 Å². The molecule has 0 radical (unpaired) electrons. The van der Waals surface area contributed by atoms with Crippen LogP contribution in [0.3, 0.4) is 0 Å². The first-order chi connectivity index (χ1) is 12.2. The molecule has 0 spiro atoms. The van der Waals surface area contributed by atoms with E-state index in [1.165, 1.54) is 0 Å². The summed E-state index contributed by atoms with van der Waals surface area (Å²) in [6.07, 6.45) is 2.40. The van der Waals surface area contributed by atoms with Gasteiger partial charge in [-0.2, -0.15) is 10.2 Å². The van der Waals surface area contributed by atoms with E-state index in [1.807, 2.05) is 37.1 Å². The van der Waals surface area contributed by atoms with Crippen LogP contribution in [0.4, 0.5) is 0 Å². The van der Waals surface area contributed by atoms with Gasteiger partial charge >= 0.3 is 0 Å². The van der Waals surface area contributed by atoms with E-state index in [0.717, 1.165) is 23.5 Å². The zero-order valence-corrected chi connectivity index (χ0v) is 17.3. The van der Waals surface area contributed by atoms with Crippen molar-refractivity contribution in [1.29, 1.82) is 0 Å². The van der Waals surface area contributed by atoms with Crippen LogP contribution >= 0.6 is 12.2 Å². The first-order valence-electron chi connectivity index (χ1n) is 8.77. The quantitative estimate of drug-likeness (QED) is 0.689. The van der Waals surface area contributed by atoms with Crippen LogP contribution in [-0.4, -0.2) is 56.0 Å². The molecule has 1 aliphatic heterocycles. The van der Waals surface area contributed by atoms with Gasteiger partial charge in [-0.05, 0) is 46.5 Å². The summed E-state index contributed by atoms with van der Waals surface area (Å²) in [5, 5.41) is 8.97. The van der Waals surface area contributed by atoms with Crippen LogP contribution in [-0.2, 0) is 29.6 Å². The maximum Gasteiger partial charge on any atom is 0.198 e. The normalized spacial score (nSPS) is 19.5. The molecule has 2 aromatic rings. The van der Waals surface area contributed by atoms with E-state index >= 15 is 0 Å². The van der Waals surface area contributed by atoms with Crippen LogP contribution in [0.5, 0.6) is 0 Å². The summed E-state index contributed by atoms with van der Waals surface area (Å²) in [6, 6.07) is -0.0494. The molecule has 0 bridgehead atoms. The molecular weight excluding hydrogens is 372 g/mol. The Morgan fingerprint density at radius 3 is 2.69 bits per heavy atom. The Morgan fingerprint density at radius 2 is 2.12 bits per heavy atom. The summed E-state index contributed by atoms with van der Waals surface area (Å²) in [5.41, 5.74) is 3.12. The van der Waals surface area contributed by atoms with Gasteiger partial charge in [-0.25, -0.2) is 13.1 Å². The molecule has 0 unspecified atom stereocenters. The van der Waals surface area contributed by atoms with Gasteiger partial charge in [-0.15, -0.1) is 0 Å². The van der Waals surface area contributed by atoms with Crippen molar-refractivity contribution in [1.82, 2.24) is 29.0 Å². The predicted octanol–water partition coefficient (Wildman–Crippen LogP) is 1.70. The molecule has 0 aromatic carbocycles. The largest absolute Gasteiger partial charge is 0.307 e. The van der Waals surface area contributed by atoms with Crippen molar-refractivity contribution in [3.63, 3.8) is 0 Å². The Hall–Kier alpha value is -1.52. The van der Waals surface area contributed by atoms with Crippen molar-refractivity contribution in [2.45, 2.75) is 53.0 Å². The summed E-state index contributed by atoms with van der Waals surface area (Å²) < 4.78 is 29.9. The molecule has 26 heavy (non-hydrogen) atoms. The Labute approximate surface area is 159 Å². The Kier molecular flexibility index (Phi) is 5.36. The standard InChI is InChI=1S/C16H26N6O2S2/c1-5-20-10-17-21(16(20)25)11-19(4)8-15-12(2)18-22(13(15)3)14-6-7-26(23,24)9-14/h10,14H,5-9,11H2,1-4H3/t14-/m1/s1. The number of hydrogen-bond donors (Lipinski definition) is 0. The monoisotopic (exact) mass is 398 g/mol. The number of sulfone groups is 1. The number of nitrogens with zero attached hydrogens (tertiary/aromatic N) is 6. The highest BCUT2D eigenvalue weighted by Gasteiger charge is 2.31. The second kappa shape index (κ2) is 7.24. The number of hydrogen-bond acceptors (Lipinski definition) is 6. The van der Waals surface area contributed by atoms with Crippen molar-refractivity contribution >= 4 is 22.1 Å². The van der Waals surface area contributed by atoms with Gasteiger partial charge in [0.2, 0.25) is 0 Å². The molecule has 1 aliphatic rings. The number of aromatic nitrogens is 5. The van der Waals surface area contributed by atoms with Crippen molar-refractivity contribution < 1.29 is 8.42 Å². The minimum absolute atomic E-state index is 0.0494. The van der Waals surface area contributed by atoms with Crippen molar-refractivity contribution in [3.8, 4) is 0 Å². The molecule has 1 atom stereocenters. The first-order valence-corrected chi connectivity index (χ1v) is 11.0. The lowest BCUT2D eigenvalue weighted by Gasteiger charge is -2.17. The molecule has 8 nitrogen and oxygen atoms in total. The molecule has 3 heterocycles. The molecule has 0 saturated carbocycles. The molecule has 10 heteroatoms. The fraction of sp³-hybridized carbons (Fsp3) is 0.688.